The number of para-hydroxylation sites is 1. The van der Waals surface area contributed by atoms with Crippen LogP contribution in [0.4, 0.5) is 0 Å². The molecule has 3 rings (SSSR count). The predicted molar refractivity (Wildman–Crippen MR) is 65.2 cm³/mol. The van der Waals surface area contributed by atoms with Crippen LogP contribution in [-0.2, 0) is 0 Å². The second-order valence-electron chi connectivity index (χ2n) is 3.70. The van der Waals surface area contributed by atoms with E-state index in [0.717, 1.165) is 5.75 Å². The molecule has 1 nitrogen and oxygen atoms in total. The third kappa shape index (κ3) is 1.35. The average Bonchev–Trinajstić information content (AvgIpc) is 2.29. The molecule has 2 heteroatoms. The van der Waals surface area contributed by atoms with Crippen molar-refractivity contribution in [3.05, 3.63) is 48.0 Å². The molecule has 0 fully saturated rings. The van der Waals surface area contributed by atoms with E-state index >= 15 is 0 Å². The summed E-state index contributed by atoms with van der Waals surface area (Å²) >= 11 is 0. The van der Waals surface area contributed by atoms with Gasteiger partial charge in [-0.15, -0.1) is 0 Å². The fraction of sp³-hybridized carbons (Fsp3) is 0.0769. The first-order chi connectivity index (χ1) is 7.36. The quantitative estimate of drug-likeness (QED) is 0.611. The Morgan fingerprint density at radius 3 is 2.67 bits per heavy atom. The normalized spacial score (nSPS) is 14.2. The van der Waals surface area contributed by atoms with Gasteiger partial charge in [0.25, 0.3) is 0 Å². The van der Waals surface area contributed by atoms with Crippen molar-refractivity contribution in [2.24, 2.45) is 0 Å². The molecule has 74 valence electrons. The van der Waals surface area contributed by atoms with Gasteiger partial charge in [0, 0.05) is 10.9 Å². The molecule has 2 aromatic rings. The van der Waals surface area contributed by atoms with Gasteiger partial charge in [0.05, 0.1) is 0 Å². The van der Waals surface area contributed by atoms with Gasteiger partial charge in [0.15, 0.2) is 0 Å². The third-order valence-corrected chi connectivity index (χ3v) is 3.65. The zero-order chi connectivity index (χ0) is 10.3. The Morgan fingerprint density at radius 1 is 0.933 bits per heavy atom. The molecular formula is C13H11OP. The number of fused-ring (bicyclic) bond motifs is 3. The van der Waals surface area contributed by atoms with Crippen molar-refractivity contribution in [2.75, 3.05) is 0 Å². The average molecular weight is 214 g/mol. The molecule has 1 heterocycles. The number of aryl methyl sites for hydroxylation is 1. The molecule has 1 aliphatic rings. The maximum atomic E-state index is 5.81. The highest BCUT2D eigenvalue weighted by Gasteiger charge is 2.17. The number of hydrogen-bond acceptors (Lipinski definition) is 1. The van der Waals surface area contributed by atoms with Gasteiger partial charge in [0.2, 0.25) is 0 Å². The van der Waals surface area contributed by atoms with E-state index in [1.807, 2.05) is 0 Å². The molecule has 0 spiro atoms. The van der Waals surface area contributed by atoms with E-state index in [1.54, 1.807) is 0 Å². The Labute approximate surface area is 91.0 Å². The third-order valence-electron chi connectivity index (χ3n) is 2.69. The highest BCUT2D eigenvalue weighted by Crippen LogP contribution is 2.41. The van der Waals surface area contributed by atoms with Gasteiger partial charge in [-0.25, -0.2) is 0 Å². The second-order valence-corrected chi connectivity index (χ2v) is 4.65. The van der Waals surface area contributed by atoms with Gasteiger partial charge in [-0.05, 0) is 18.1 Å². The number of benzene rings is 2. The zero-order valence-electron chi connectivity index (χ0n) is 8.45. The van der Waals surface area contributed by atoms with Crippen LogP contribution in [0.1, 0.15) is 5.56 Å². The Hall–Kier alpha value is -1.33. The Morgan fingerprint density at radius 2 is 1.73 bits per heavy atom. The standard InChI is InChI=1S/C13H11OP/c1-9-5-4-7-11-10-6-2-3-8-12(10)15-14-13(9)11/h2-8,15H,1H3. The molecule has 1 aliphatic heterocycles. The Balaban J connectivity index is 2.30. The van der Waals surface area contributed by atoms with Crippen LogP contribution < -0.4 is 9.83 Å². The van der Waals surface area contributed by atoms with Crippen LogP contribution in [0.3, 0.4) is 0 Å². The molecule has 0 N–H and O–H groups in total. The van der Waals surface area contributed by atoms with Gasteiger partial charge in [-0.2, -0.15) is 0 Å². The van der Waals surface area contributed by atoms with Crippen LogP contribution in [0.5, 0.6) is 5.75 Å². The minimum absolute atomic E-state index is 0.436. The van der Waals surface area contributed by atoms with Crippen LogP contribution in [0.15, 0.2) is 42.5 Å². The summed E-state index contributed by atoms with van der Waals surface area (Å²) in [7, 11) is 0.436. The van der Waals surface area contributed by atoms with Gasteiger partial charge < -0.3 is 4.52 Å². The topological polar surface area (TPSA) is 9.23 Å². The fourth-order valence-electron chi connectivity index (χ4n) is 1.91. The van der Waals surface area contributed by atoms with E-state index in [2.05, 4.69) is 49.4 Å². The van der Waals surface area contributed by atoms with E-state index in [1.165, 1.54) is 22.0 Å². The summed E-state index contributed by atoms with van der Waals surface area (Å²) in [4.78, 5) is 0. The van der Waals surface area contributed by atoms with Crippen LogP contribution in [-0.4, -0.2) is 0 Å². The molecule has 0 aliphatic carbocycles. The SMILES string of the molecule is Cc1cccc2c1OPc1ccccc1-2. The maximum absolute atomic E-state index is 5.81. The molecule has 0 radical (unpaired) electrons. The lowest BCUT2D eigenvalue weighted by Gasteiger charge is -2.21. The molecule has 1 unspecified atom stereocenters. The summed E-state index contributed by atoms with van der Waals surface area (Å²) in [6.45, 7) is 2.09. The highest BCUT2D eigenvalue weighted by atomic mass is 31.1. The second kappa shape index (κ2) is 3.36. The number of rotatable bonds is 0. The smallest absolute Gasteiger partial charge is 0.134 e. The summed E-state index contributed by atoms with van der Waals surface area (Å²) < 4.78 is 5.81. The first-order valence-electron chi connectivity index (χ1n) is 4.98. The van der Waals surface area contributed by atoms with Gasteiger partial charge in [0.1, 0.15) is 14.6 Å². The van der Waals surface area contributed by atoms with Crippen LogP contribution >= 0.6 is 8.81 Å². The number of hydrogen-bond donors (Lipinski definition) is 0. The van der Waals surface area contributed by atoms with E-state index in [-0.39, 0.29) is 0 Å². The van der Waals surface area contributed by atoms with Crippen LogP contribution in [0.25, 0.3) is 11.1 Å². The molecule has 0 aromatic heterocycles. The minimum atomic E-state index is 0.436. The Kier molecular flexibility index (Phi) is 2.00. The van der Waals surface area contributed by atoms with Crippen molar-refractivity contribution in [1.82, 2.24) is 0 Å². The van der Waals surface area contributed by atoms with Crippen LogP contribution in [0, 0.1) is 6.92 Å². The minimum Gasteiger partial charge on any atom is -0.471 e. The lowest BCUT2D eigenvalue weighted by atomic mass is 10.0. The van der Waals surface area contributed by atoms with E-state index in [9.17, 15) is 0 Å². The van der Waals surface area contributed by atoms with Crippen molar-refractivity contribution in [2.45, 2.75) is 6.92 Å². The molecule has 0 saturated heterocycles. The summed E-state index contributed by atoms with van der Waals surface area (Å²) in [5.74, 6) is 1.05. The molecule has 1 atom stereocenters. The van der Waals surface area contributed by atoms with E-state index in [0.29, 0.717) is 8.81 Å². The monoisotopic (exact) mass is 214 g/mol. The van der Waals surface area contributed by atoms with Crippen LogP contribution in [0.2, 0.25) is 0 Å². The van der Waals surface area contributed by atoms with Crippen molar-refractivity contribution >= 4 is 14.1 Å². The van der Waals surface area contributed by atoms with Crippen molar-refractivity contribution < 1.29 is 4.52 Å². The summed E-state index contributed by atoms with van der Waals surface area (Å²) in [5, 5.41) is 1.30. The van der Waals surface area contributed by atoms with Gasteiger partial charge in [-0.1, -0.05) is 42.5 Å². The predicted octanol–water partition coefficient (Wildman–Crippen LogP) is 3.27. The lowest BCUT2D eigenvalue weighted by molar-refractivity contribution is 0.631. The maximum Gasteiger partial charge on any atom is 0.134 e. The van der Waals surface area contributed by atoms with Gasteiger partial charge >= 0.3 is 0 Å². The summed E-state index contributed by atoms with van der Waals surface area (Å²) in [5.41, 5.74) is 3.76. The van der Waals surface area contributed by atoms with E-state index in [4.69, 9.17) is 4.52 Å². The highest BCUT2D eigenvalue weighted by molar-refractivity contribution is 7.43. The molecule has 0 amide bonds. The zero-order valence-corrected chi connectivity index (χ0v) is 9.45. The van der Waals surface area contributed by atoms with E-state index < -0.39 is 0 Å². The Bertz CT molecular complexity index is 520. The first kappa shape index (κ1) is 8.94. The largest absolute Gasteiger partial charge is 0.471 e. The molecular weight excluding hydrogens is 203 g/mol. The summed E-state index contributed by atoms with van der Waals surface area (Å²) in [6.07, 6.45) is 0. The van der Waals surface area contributed by atoms with Gasteiger partial charge in [-0.3, -0.25) is 0 Å². The van der Waals surface area contributed by atoms with Crippen molar-refractivity contribution in [1.29, 1.82) is 0 Å². The molecule has 0 saturated carbocycles. The lowest BCUT2D eigenvalue weighted by Crippen LogP contribution is -2.07. The van der Waals surface area contributed by atoms with Crippen molar-refractivity contribution in [3.8, 4) is 16.9 Å². The molecule has 0 bridgehead atoms. The fourth-order valence-corrected chi connectivity index (χ4v) is 2.89. The summed E-state index contributed by atoms with van der Waals surface area (Å²) in [6, 6.07) is 14.8. The molecule has 15 heavy (non-hydrogen) atoms. The first-order valence-corrected chi connectivity index (χ1v) is 5.89. The molecule has 2 aromatic carbocycles. The van der Waals surface area contributed by atoms with Crippen molar-refractivity contribution in [3.63, 3.8) is 0 Å².